The van der Waals surface area contributed by atoms with Crippen molar-refractivity contribution in [3.8, 4) is 0 Å². The summed E-state index contributed by atoms with van der Waals surface area (Å²) in [6, 6.07) is 0.284. The van der Waals surface area contributed by atoms with Crippen LogP contribution in [0.15, 0.2) is 0 Å². The molecule has 0 amide bonds. The molecule has 0 bridgehead atoms. The number of rotatable bonds is 6. The van der Waals surface area contributed by atoms with E-state index >= 15 is 0 Å². The number of aliphatic carboxylic acids is 1. The number of hydrogen-bond donors (Lipinski definition) is 2. The lowest BCUT2D eigenvalue weighted by Crippen LogP contribution is -2.53. The van der Waals surface area contributed by atoms with E-state index in [0.717, 1.165) is 32.6 Å². The smallest absolute Gasteiger partial charge is 0.323 e. The Morgan fingerprint density at radius 2 is 2.05 bits per heavy atom. The number of carboxylic acids is 1. The summed E-state index contributed by atoms with van der Waals surface area (Å²) in [7, 11) is 2.15. The summed E-state index contributed by atoms with van der Waals surface area (Å²) in [6.07, 6.45) is 1.80. The highest BCUT2D eigenvalue weighted by Crippen LogP contribution is 2.18. The molecule has 1 aliphatic heterocycles. The third-order valence-corrected chi connectivity index (χ3v) is 4.12. The maximum Gasteiger partial charge on any atom is 0.323 e. The Kier molecular flexibility index (Phi) is 6.23. The molecular weight excluding hydrogens is 242 g/mol. The van der Waals surface area contributed by atoms with Crippen LogP contribution in [-0.4, -0.2) is 72.2 Å². The Balaban J connectivity index is 2.60. The van der Waals surface area contributed by atoms with Crippen molar-refractivity contribution in [3.05, 3.63) is 0 Å². The van der Waals surface area contributed by atoms with E-state index in [-0.39, 0.29) is 6.04 Å². The van der Waals surface area contributed by atoms with E-state index in [9.17, 15) is 9.90 Å². The van der Waals surface area contributed by atoms with E-state index < -0.39 is 11.5 Å². The molecule has 5 heteroatoms. The van der Waals surface area contributed by atoms with E-state index in [2.05, 4.69) is 29.1 Å². The average Bonchev–Trinajstić information content (AvgIpc) is 2.54. The van der Waals surface area contributed by atoms with Gasteiger partial charge in [-0.25, -0.2) is 0 Å². The van der Waals surface area contributed by atoms with E-state index in [1.54, 1.807) is 6.92 Å². The Hall–Kier alpha value is -0.650. The molecule has 0 aliphatic carbocycles. The lowest BCUT2D eigenvalue weighted by atomic mass is 9.92. The molecule has 1 heterocycles. The third kappa shape index (κ3) is 4.75. The first kappa shape index (κ1) is 16.4. The molecule has 112 valence electrons. The highest BCUT2D eigenvalue weighted by molar-refractivity contribution is 5.78. The first-order chi connectivity index (χ1) is 8.89. The molecule has 5 nitrogen and oxygen atoms in total. The molecule has 0 spiro atoms. The molecule has 19 heavy (non-hydrogen) atoms. The van der Waals surface area contributed by atoms with E-state index in [1.165, 1.54) is 0 Å². The number of hydrogen-bond acceptors (Lipinski definition) is 4. The van der Waals surface area contributed by atoms with Gasteiger partial charge in [-0.1, -0.05) is 6.92 Å². The first-order valence-corrected chi connectivity index (χ1v) is 7.30. The summed E-state index contributed by atoms with van der Waals surface area (Å²) in [6.45, 7) is 10.9. The van der Waals surface area contributed by atoms with Crippen LogP contribution in [0.4, 0.5) is 0 Å². The van der Waals surface area contributed by atoms with Gasteiger partial charge in [-0.2, -0.15) is 0 Å². The molecule has 2 N–H and O–H groups in total. The molecule has 1 rings (SSSR count). The quantitative estimate of drug-likeness (QED) is 0.750. The van der Waals surface area contributed by atoms with Crippen molar-refractivity contribution < 1.29 is 9.90 Å². The van der Waals surface area contributed by atoms with Crippen molar-refractivity contribution in [1.82, 2.24) is 15.1 Å². The van der Waals surface area contributed by atoms with Gasteiger partial charge in [-0.3, -0.25) is 9.69 Å². The van der Waals surface area contributed by atoms with Crippen LogP contribution in [0.1, 0.15) is 33.6 Å². The second kappa shape index (κ2) is 7.22. The Morgan fingerprint density at radius 3 is 2.63 bits per heavy atom. The fourth-order valence-corrected chi connectivity index (χ4v) is 2.85. The largest absolute Gasteiger partial charge is 0.480 e. The third-order valence-electron chi connectivity index (χ3n) is 4.12. The summed E-state index contributed by atoms with van der Waals surface area (Å²) < 4.78 is 0. The van der Waals surface area contributed by atoms with Gasteiger partial charge >= 0.3 is 5.97 Å². The molecule has 1 fully saturated rings. The van der Waals surface area contributed by atoms with Crippen LogP contribution in [0.5, 0.6) is 0 Å². The maximum absolute atomic E-state index is 11.5. The number of nitrogens with one attached hydrogen (secondary N) is 1. The average molecular weight is 271 g/mol. The molecule has 0 saturated carbocycles. The second-order valence-corrected chi connectivity index (χ2v) is 5.91. The van der Waals surface area contributed by atoms with Crippen molar-refractivity contribution in [2.45, 2.75) is 45.2 Å². The van der Waals surface area contributed by atoms with Crippen molar-refractivity contribution in [1.29, 1.82) is 0 Å². The maximum atomic E-state index is 11.5. The number of nitrogens with zero attached hydrogens (tertiary/aromatic N) is 2. The van der Waals surface area contributed by atoms with Gasteiger partial charge in [0.05, 0.1) is 0 Å². The van der Waals surface area contributed by atoms with E-state index in [4.69, 9.17) is 0 Å². The lowest BCUT2D eigenvalue weighted by Gasteiger charge is -2.34. The number of carboxylic acid groups (broad SMARTS) is 1. The topological polar surface area (TPSA) is 55.8 Å². The van der Waals surface area contributed by atoms with E-state index in [0.29, 0.717) is 13.0 Å². The van der Waals surface area contributed by atoms with Gasteiger partial charge in [-0.05, 0) is 53.4 Å². The minimum absolute atomic E-state index is 0.284. The lowest BCUT2D eigenvalue weighted by molar-refractivity contribution is -0.145. The summed E-state index contributed by atoms with van der Waals surface area (Å²) in [5.74, 6) is -0.756. The van der Waals surface area contributed by atoms with Crippen molar-refractivity contribution in [2.24, 2.45) is 0 Å². The monoisotopic (exact) mass is 271 g/mol. The second-order valence-electron chi connectivity index (χ2n) is 5.91. The molecule has 1 aliphatic rings. The first-order valence-electron chi connectivity index (χ1n) is 7.30. The zero-order chi connectivity index (χ0) is 14.5. The van der Waals surface area contributed by atoms with Crippen LogP contribution in [0, 0.1) is 0 Å². The highest BCUT2D eigenvalue weighted by atomic mass is 16.4. The minimum Gasteiger partial charge on any atom is -0.480 e. The summed E-state index contributed by atoms with van der Waals surface area (Å²) in [5.41, 5.74) is -0.827. The summed E-state index contributed by atoms with van der Waals surface area (Å²) in [5, 5.41) is 12.5. The van der Waals surface area contributed by atoms with Crippen molar-refractivity contribution in [2.75, 3.05) is 39.8 Å². The Bertz CT molecular complexity index is 298. The molecule has 2 unspecified atom stereocenters. The van der Waals surface area contributed by atoms with Crippen molar-refractivity contribution in [3.63, 3.8) is 0 Å². The van der Waals surface area contributed by atoms with Crippen LogP contribution in [-0.2, 0) is 4.79 Å². The number of carbonyl (C=O) groups is 1. The predicted octanol–water partition coefficient (Wildman–Crippen LogP) is 0.855. The van der Waals surface area contributed by atoms with Crippen molar-refractivity contribution >= 4 is 5.97 Å². The summed E-state index contributed by atoms with van der Waals surface area (Å²) in [4.78, 5) is 16.2. The van der Waals surface area contributed by atoms with Crippen LogP contribution in [0.25, 0.3) is 0 Å². The molecule has 0 radical (unpaired) electrons. The molecule has 0 aromatic rings. The Morgan fingerprint density at radius 1 is 1.37 bits per heavy atom. The van der Waals surface area contributed by atoms with Gasteiger partial charge in [0.1, 0.15) is 5.54 Å². The molecule has 0 aromatic carbocycles. The highest BCUT2D eigenvalue weighted by Gasteiger charge is 2.35. The van der Waals surface area contributed by atoms with Gasteiger partial charge in [0.25, 0.3) is 0 Å². The van der Waals surface area contributed by atoms with Gasteiger partial charge in [-0.15, -0.1) is 0 Å². The standard InChI is InChI=1S/C14H29N3O2/c1-5-15-14(3,13(18)19)11-12(2)17-8-6-7-16(4)9-10-17/h12,15H,5-11H2,1-4H3,(H,18,19). The zero-order valence-electron chi connectivity index (χ0n) is 12.8. The SMILES string of the molecule is CCNC(C)(CC(C)N1CCCN(C)CC1)C(=O)O. The number of likely N-dealkylation sites (N-methyl/N-ethyl adjacent to an activating group) is 2. The fraction of sp³-hybridized carbons (Fsp3) is 0.929. The molecule has 0 aromatic heterocycles. The normalized spacial score (nSPS) is 23.6. The molecule has 2 atom stereocenters. The molecule has 1 saturated heterocycles. The van der Waals surface area contributed by atoms with Crippen LogP contribution in [0.3, 0.4) is 0 Å². The van der Waals surface area contributed by atoms with Gasteiger partial charge in [0.2, 0.25) is 0 Å². The van der Waals surface area contributed by atoms with Gasteiger partial charge < -0.3 is 15.3 Å². The molecular formula is C14H29N3O2. The zero-order valence-corrected chi connectivity index (χ0v) is 12.8. The van der Waals surface area contributed by atoms with Crippen LogP contribution >= 0.6 is 0 Å². The Labute approximate surface area is 117 Å². The van der Waals surface area contributed by atoms with Crippen LogP contribution in [0.2, 0.25) is 0 Å². The predicted molar refractivity (Wildman–Crippen MR) is 77.5 cm³/mol. The minimum atomic E-state index is -0.827. The van der Waals surface area contributed by atoms with Gasteiger partial charge in [0, 0.05) is 19.1 Å². The fourth-order valence-electron chi connectivity index (χ4n) is 2.85. The van der Waals surface area contributed by atoms with Gasteiger partial charge in [0.15, 0.2) is 0 Å². The summed E-state index contributed by atoms with van der Waals surface area (Å²) >= 11 is 0. The van der Waals surface area contributed by atoms with Crippen LogP contribution < -0.4 is 5.32 Å². The van der Waals surface area contributed by atoms with E-state index in [1.807, 2.05) is 6.92 Å².